The first-order chi connectivity index (χ1) is 6.65. The fourth-order valence-corrected chi connectivity index (χ4v) is 0.929. The van der Waals surface area contributed by atoms with Crippen LogP contribution in [0.15, 0.2) is 23.2 Å². The van der Waals surface area contributed by atoms with Gasteiger partial charge in [0.2, 0.25) is 0 Å². The van der Waals surface area contributed by atoms with Crippen molar-refractivity contribution in [2.24, 2.45) is 10.7 Å². The Balaban J connectivity index is 0.000000791. The second-order valence-electron chi connectivity index (χ2n) is 2.68. The van der Waals surface area contributed by atoms with Crippen molar-refractivity contribution in [1.29, 1.82) is 0 Å². The molecule has 0 atom stereocenters. The summed E-state index contributed by atoms with van der Waals surface area (Å²) < 4.78 is 0. The highest BCUT2D eigenvalue weighted by molar-refractivity contribution is 5.98. The molecular weight excluding hydrogens is 174 g/mol. The first-order valence-corrected chi connectivity index (χ1v) is 4.74. The van der Waals surface area contributed by atoms with E-state index in [2.05, 4.69) is 4.99 Å². The molecule has 3 heteroatoms. The van der Waals surface area contributed by atoms with Crippen molar-refractivity contribution >= 4 is 11.5 Å². The summed E-state index contributed by atoms with van der Waals surface area (Å²) in [7, 11) is 1.66. The molecule has 0 aliphatic heterocycles. The Labute approximate surface area is 85.8 Å². The molecule has 4 N–H and O–H groups in total. The van der Waals surface area contributed by atoms with E-state index in [1.54, 1.807) is 7.05 Å². The zero-order valence-electron chi connectivity index (χ0n) is 9.33. The number of hydrogen-bond donors (Lipinski definition) is 2. The maximum atomic E-state index is 5.70. The molecule has 0 bridgehead atoms. The molecule has 1 aromatic carbocycles. The predicted octanol–water partition coefficient (Wildman–Crippen LogP) is 1.94. The predicted molar refractivity (Wildman–Crippen MR) is 63.6 cm³/mol. The van der Waals surface area contributed by atoms with Crippen LogP contribution in [-0.4, -0.2) is 12.9 Å². The number of aliphatic imine (C=N–C) groups is 1. The Kier molecular flexibility index (Phi) is 5.37. The van der Waals surface area contributed by atoms with E-state index in [9.17, 15) is 0 Å². The van der Waals surface area contributed by atoms with Crippen molar-refractivity contribution in [3.63, 3.8) is 0 Å². The number of rotatable bonds is 1. The largest absolute Gasteiger partial charge is 0.398 e. The van der Waals surface area contributed by atoms with Crippen molar-refractivity contribution in [3.05, 3.63) is 29.3 Å². The molecular formula is C11H19N3. The second kappa shape index (κ2) is 6.02. The number of nitrogens with two attached hydrogens (primary N) is 2. The minimum atomic E-state index is 0.515. The summed E-state index contributed by atoms with van der Waals surface area (Å²) in [5.41, 5.74) is 14.0. The lowest BCUT2D eigenvalue weighted by Crippen LogP contribution is -2.13. The summed E-state index contributed by atoms with van der Waals surface area (Å²) in [6.07, 6.45) is 0. The van der Waals surface area contributed by atoms with E-state index in [0.29, 0.717) is 5.84 Å². The summed E-state index contributed by atoms with van der Waals surface area (Å²) >= 11 is 0. The zero-order chi connectivity index (χ0) is 11.1. The van der Waals surface area contributed by atoms with Gasteiger partial charge < -0.3 is 11.5 Å². The maximum Gasteiger partial charge on any atom is 0.125 e. The topological polar surface area (TPSA) is 64.4 Å². The molecule has 0 unspecified atom stereocenters. The molecule has 3 nitrogen and oxygen atoms in total. The molecule has 0 amide bonds. The molecule has 0 saturated carbocycles. The Bertz CT molecular complexity index is 316. The van der Waals surface area contributed by atoms with Crippen molar-refractivity contribution in [2.75, 3.05) is 12.8 Å². The van der Waals surface area contributed by atoms with Crippen LogP contribution in [0.3, 0.4) is 0 Å². The first kappa shape index (κ1) is 12.5. The third-order valence-corrected chi connectivity index (χ3v) is 1.82. The van der Waals surface area contributed by atoms with Gasteiger partial charge in [-0.1, -0.05) is 26.0 Å². The molecule has 0 aromatic heterocycles. The van der Waals surface area contributed by atoms with Gasteiger partial charge in [-0.05, 0) is 18.6 Å². The molecule has 0 fully saturated rings. The molecule has 0 aliphatic rings. The van der Waals surface area contributed by atoms with E-state index in [-0.39, 0.29) is 0 Å². The molecule has 0 heterocycles. The van der Waals surface area contributed by atoms with Gasteiger partial charge in [0.05, 0.1) is 0 Å². The van der Waals surface area contributed by atoms with Crippen molar-refractivity contribution < 1.29 is 0 Å². The molecule has 78 valence electrons. The number of aryl methyl sites for hydroxylation is 1. The minimum absolute atomic E-state index is 0.515. The van der Waals surface area contributed by atoms with E-state index in [1.165, 1.54) is 0 Å². The van der Waals surface area contributed by atoms with Gasteiger partial charge in [-0.25, -0.2) is 0 Å². The zero-order valence-corrected chi connectivity index (χ0v) is 9.33. The van der Waals surface area contributed by atoms with E-state index in [0.717, 1.165) is 16.8 Å². The highest BCUT2D eigenvalue weighted by Crippen LogP contribution is 2.12. The van der Waals surface area contributed by atoms with Crippen LogP contribution in [0.5, 0.6) is 0 Å². The van der Waals surface area contributed by atoms with Crippen molar-refractivity contribution in [3.8, 4) is 0 Å². The van der Waals surface area contributed by atoms with E-state index < -0.39 is 0 Å². The van der Waals surface area contributed by atoms with Crippen LogP contribution in [0.2, 0.25) is 0 Å². The van der Waals surface area contributed by atoms with Gasteiger partial charge in [0, 0.05) is 18.3 Å². The minimum Gasteiger partial charge on any atom is -0.398 e. The van der Waals surface area contributed by atoms with Crippen LogP contribution in [-0.2, 0) is 0 Å². The molecule has 0 spiro atoms. The number of hydrogen-bond acceptors (Lipinski definition) is 2. The summed E-state index contributed by atoms with van der Waals surface area (Å²) in [4.78, 5) is 3.87. The van der Waals surface area contributed by atoms with Gasteiger partial charge in [0.15, 0.2) is 0 Å². The Hall–Kier alpha value is -1.51. The Morgan fingerprint density at radius 3 is 2.29 bits per heavy atom. The number of benzene rings is 1. The smallest absolute Gasteiger partial charge is 0.125 e. The SMILES string of the molecule is CC.CN=C(N)c1ccc(C)c(N)c1. The standard InChI is InChI=1S/C9H13N3.C2H6/c1-6-3-4-7(5-8(6)10)9(11)12-2;1-2/h3-5H,10H2,1-2H3,(H2,11,12);1-2H3. The molecule has 0 radical (unpaired) electrons. The monoisotopic (exact) mass is 193 g/mol. The van der Waals surface area contributed by atoms with Gasteiger partial charge in [-0.3, -0.25) is 4.99 Å². The number of anilines is 1. The second-order valence-corrected chi connectivity index (χ2v) is 2.68. The molecule has 1 aromatic rings. The Morgan fingerprint density at radius 2 is 1.86 bits per heavy atom. The third-order valence-electron chi connectivity index (χ3n) is 1.82. The van der Waals surface area contributed by atoms with Crippen LogP contribution >= 0.6 is 0 Å². The third kappa shape index (κ3) is 3.09. The molecule has 0 aliphatic carbocycles. The molecule has 14 heavy (non-hydrogen) atoms. The maximum absolute atomic E-state index is 5.70. The van der Waals surface area contributed by atoms with E-state index in [4.69, 9.17) is 11.5 Å². The summed E-state index contributed by atoms with van der Waals surface area (Å²) in [5.74, 6) is 0.515. The van der Waals surface area contributed by atoms with Crippen LogP contribution in [0.1, 0.15) is 25.0 Å². The average Bonchev–Trinajstić information content (AvgIpc) is 2.24. The van der Waals surface area contributed by atoms with Crippen LogP contribution in [0, 0.1) is 6.92 Å². The van der Waals surface area contributed by atoms with Crippen molar-refractivity contribution in [2.45, 2.75) is 20.8 Å². The fraction of sp³-hybridized carbons (Fsp3) is 0.364. The first-order valence-electron chi connectivity index (χ1n) is 4.74. The highest BCUT2D eigenvalue weighted by Gasteiger charge is 1.98. The fourth-order valence-electron chi connectivity index (χ4n) is 0.929. The lowest BCUT2D eigenvalue weighted by Gasteiger charge is -2.03. The lowest BCUT2D eigenvalue weighted by molar-refractivity contribution is 1.38. The van der Waals surface area contributed by atoms with Gasteiger partial charge in [-0.15, -0.1) is 0 Å². The summed E-state index contributed by atoms with van der Waals surface area (Å²) in [6.45, 7) is 5.96. The lowest BCUT2D eigenvalue weighted by atomic mass is 10.1. The van der Waals surface area contributed by atoms with Crippen LogP contribution in [0.25, 0.3) is 0 Å². The van der Waals surface area contributed by atoms with Gasteiger partial charge in [-0.2, -0.15) is 0 Å². The molecule has 0 saturated heterocycles. The normalized spacial score (nSPS) is 10.4. The highest BCUT2D eigenvalue weighted by atomic mass is 14.8. The van der Waals surface area contributed by atoms with Crippen molar-refractivity contribution in [1.82, 2.24) is 0 Å². The summed E-state index contributed by atoms with van der Waals surface area (Å²) in [6, 6.07) is 5.68. The van der Waals surface area contributed by atoms with Crippen LogP contribution < -0.4 is 11.5 Å². The number of nitrogens with zero attached hydrogens (tertiary/aromatic N) is 1. The van der Waals surface area contributed by atoms with E-state index in [1.807, 2.05) is 39.0 Å². The summed E-state index contributed by atoms with van der Waals surface area (Å²) in [5, 5.41) is 0. The number of amidine groups is 1. The van der Waals surface area contributed by atoms with E-state index >= 15 is 0 Å². The quantitative estimate of drug-likeness (QED) is 0.406. The van der Waals surface area contributed by atoms with Gasteiger partial charge >= 0.3 is 0 Å². The molecule has 1 rings (SSSR count). The average molecular weight is 193 g/mol. The van der Waals surface area contributed by atoms with Crippen LogP contribution in [0.4, 0.5) is 5.69 Å². The van der Waals surface area contributed by atoms with Gasteiger partial charge in [0.25, 0.3) is 0 Å². The Morgan fingerprint density at radius 1 is 1.29 bits per heavy atom. The number of nitrogen functional groups attached to an aromatic ring is 1. The van der Waals surface area contributed by atoms with Gasteiger partial charge in [0.1, 0.15) is 5.84 Å².